The molecule has 1 heterocycles. The van der Waals surface area contributed by atoms with E-state index in [1.54, 1.807) is 0 Å². The minimum atomic E-state index is -0.0825. The number of Topliss-reactive ketones (excluding diaryl/α,β-unsaturated/α-hetero) is 1. The molecule has 0 aromatic heterocycles. The standard InChI is InChI=1S/C36H62O3/c1-25(2)15-11-16-27(5)17-12-18-28(6)19-13-22-36(10)23-21-32-31(9)34(29(7)30(8)35(32)39-36)38-24-14-20-33(37)26(3)4/h25-28H,11-24H2,1-10H3/t27-,28-,36-/m1/s1. The first-order valence-corrected chi connectivity index (χ1v) is 16.3. The van der Waals surface area contributed by atoms with Crippen LogP contribution in [0.25, 0.3) is 0 Å². The molecule has 0 fully saturated rings. The number of benzene rings is 1. The monoisotopic (exact) mass is 542 g/mol. The van der Waals surface area contributed by atoms with Gasteiger partial charge in [-0.3, -0.25) is 4.79 Å². The summed E-state index contributed by atoms with van der Waals surface area (Å²) in [7, 11) is 0. The van der Waals surface area contributed by atoms with Gasteiger partial charge >= 0.3 is 0 Å². The molecule has 0 spiro atoms. The van der Waals surface area contributed by atoms with E-state index in [4.69, 9.17) is 9.47 Å². The van der Waals surface area contributed by atoms with Gasteiger partial charge in [-0.15, -0.1) is 0 Å². The maximum atomic E-state index is 12.0. The average Bonchev–Trinajstić information content (AvgIpc) is 2.86. The molecule has 3 nitrogen and oxygen atoms in total. The van der Waals surface area contributed by atoms with E-state index in [1.807, 2.05) is 13.8 Å². The zero-order chi connectivity index (χ0) is 29.2. The van der Waals surface area contributed by atoms with E-state index in [9.17, 15) is 4.79 Å². The highest BCUT2D eigenvalue weighted by Gasteiger charge is 2.34. The van der Waals surface area contributed by atoms with Crippen LogP contribution in [0.15, 0.2) is 0 Å². The van der Waals surface area contributed by atoms with Crippen LogP contribution in [-0.2, 0) is 11.2 Å². The summed E-state index contributed by atoms with van der Waals surface area (Å²) in [5, 5.41) is 0. The van der Waals surface area contributed by atoms with Crippen molar-refractivity contribution in [2.24, 2.45) is 23.7 Å². The fourth-order valence-electron chi connectivity index (χ4n) is 6.19. The van der Waals surface area contributed by atoms with Crippen LogP contribution < -0.4 is 9.47 Å². The third-order valence-corrected chi connectivity index (χ3v) is 9.30. The largest absolute Gasteiger partial charge is 0.493 e. The van der Waals surface area contributed by atoms with Crippen LogP contribution in [-0.4, -0.2) is 18.0 Å². The number of carbonyl (C=O) groups is 1. The van der Waals surface area contributed by atoms with Crippen molar-refractivity contribution < 1.29 is 14.3 Å². The molecule has 3 atom stereocenters. The number of rotatable bonds is 18. The second-order valence-electron chi connectivity index (χ2n) is 14.0. The number of carbonyl (C=O) groups excluding carboxylic acids is 1. The summed E-state index contributed by atoms with van der Waals surface area (Å²) < 4.78 is 13.1. The van der Waals surface area contributed by atoms with Crippen molar-refractivity contribution in [3.05, 3.63) is 22.3 Å². The Labute approximate surface area is 242 Å². The van der Waals surface area contributed by atoms with Crippen LogP contribution in [0.1, 0.15) is 148 Å². The van der Waals surface area contributed by atoms with Crippen molar-refractivity contribution in [2.75, 3.05) is 6.61 Å². The summed E-state index contributed by atoms with van der Waals surface area (Å²) in [6.45, 7) is 22.9. The highest BCUT2D eigenvalue weighted by atomic mass is 16.5. The van der Waals surface area contributed by atoms with Crippen molar-refractivity contribution in [2.45, 2.75) is 158 Å². The normalized spacial score (nSPS) is 18.7. The molecule has 3 heteroatoms. The zero-order valence-corrected chi connectivity index (χ0v) is 27.4. The predicted octanol–water partition coefficient (Wildman–Crippen LogP) is 10.5. The van der Waals surface area contributed by atoms with Crippen LogP contribution in [0.3, 0.4) is 0 Å². The second-order valence-corrected chi connectivity index (χ2v) is 14.0. The fraction of sp³-hybridized carbons (Fsp3) is 0.806. The minimum absolute atomic E-state index is 0.0825. The Morgan fingerprint density at radius 3 is 2.00 bits per heavy atom. The second kappa shape index (κ2) is 16.1. The first-order chi connectivity index (χ1) is 18.3. The summed E-state index contributed by atoms with van der Waals surface area (Å²) in [5.74, 6) is 5.03. The fourth-order valence-corrected chi connectivity index (χ4v) is 6.19. The van der Waals surface area contributed by atoms with E-state index in [-0.39, 0.29) is 11.5 Å². The highest BCUT2D eigenvalue weighted by molar-refractivity contribution is 5.80. The quantitative estimate of drug-likeness (QED) is 0.173. The molecule has 1 aliphatic rings. The van der Waals surface area contributed by atoms with E-state index in [2.05, 4.69) is 55.4 Å². The number of ketones is 1. The van der Waals surface area contributed by atoms with Gasteiger partial charge in [0.25, 0.3) is 0 Å². The molecular weight excluding hydrogens is 480 g/mol. The lowest BCUT2D eigenvalue weighted by atomic mass is 9.83. The molecule has 1 aromatic rings. The number of ether oxygens (including phenoxy) is 2. The molecule has 2 rings (SSSR count). The van der Waals surface area contributed by atoms with Crippen LogP contribution in [0.4, 0.5) is 0 Å². The lowest BCUT2D eigenvalue weighted by Gasteiger charge is -2.38. The van der Waals surface area contributed by atoms with Gasteiger partial charge in [-0.2, -0.15) is 0 Å². The third kappa shape index (κ3) is 10.8. The van der Waals surface area contributed by atoms with Gasteiger partial charge in [-0.05, 0) is 94.2 Å². The topological polar surface area (TPSA) is 35.5 Å². The first kappa shape index (κ1) is 33.7. The minimum Gasteiger partial charge on any atom is -0.493 e. The molecule has 1 aliphatic heterocycles. The van der Waals surface area contributed by atoms with Crippen molar-refractivity contribution >= 4 is 5.78 Å². The molecule has 0 amide bonds. The third-order valence-electron chi connectivity index (χ3n) is 9.30. The Balaban J connectivity index is 1.83. The maximum absolute atomic E-state index is 12.0. The molecule has 0 unspecified atom stereocenters. The van der Waals surface area contributed by atoms with Gasteiger partial charge in [0.15, 0.2) is 0 Å². The highest BCUT2D eigenvalue weighted by Crippen LogP contribution is 2.45. The summed E-state index contributed by atoms with van der Waals surface area (Å²) in [5.41, 5.74) is 4.85. The van der Waals surface area contributed by atoms with Crippen molar-refractivity contribution in [1.29, 1.82) is 0 Å². The molecule has 0 N–H and O–H groups in total. The van der Waals surface area contributed by atoms with Gasteiger partial charge in [-0.1, -0.05) is 86.5 Å². The Kier molecular flexibility index (Phi) is 13.9. The van der Waals surface area contributed by atoms with Crippen molar-refractivity contribution in [1.82, 2.24) is 0 Å². The van der Waals surface area contributed by atoms with Crippen molar-refractivity contribution in [3.63, 3.8) is 0 Å². The Morgan fingerprint density at radius 2 is 1.41 bits per heavy atom. The molecule has 224 valence electrons. The summed E-state index contributed by atoms with van der Waals surface area (Å²) in [6, 6.07) is 0. The van der Waals surface area contributed by atoms with Gasteiger partial charge in [0, 0.05) is 17.9 Å². The van der Waals surface area contributed by atoms with Crippen LogP contribution in [0.5, 0.6) is 11.5 Å². The van der Waals surface area contributed by atoms with Gasteiger partial charge in [0.1, 0.15) is 22.9 Å². The van der Waals surface area contributed by atoms with Crippen molar-refractivity contribution in [3.8, 4) is 11.5 Å². The molecule has 0 radical (unpaired) electrons. The predicted molar refractivity (Wildman–Crippen MR) is 167 cm³/mol. The van der Waals surface area contributed by atoms with Crippen LogP contribution in [0.2, 0.25) is 0 Å². The maximum Gasteiger partial charge on any atom is 0.135 e. The van der Waals surface area contributed by atoms with E-state index < -0.39 is 0 Å². The number of hydrogen-bond donors (Lipinski definition) is 0. The molecule has 0 saturated heterocycles. The van der Waals surface area contributed by atoms with E-state index in [0.717, 1.165) is 54.9 Å². The van der Waals surface area contributed by atoms with Crippen LogP contribution >= 0.6 is 0 Å². The van der Waals surface area contributed by atoms with Gasteiger partial charge < -0.3 is 9.47 Å². The lowest BCUT2D eigenvalue weighted by Crippen LogP contribution is -2.37. The molecule has 0 bridgehead atoms. The molecule has 0 saturated carbocycles. The Bertz CT molecular complexity index is 899. The zero-order valence-electron chi connectivity index (χ0n) is 27.4. The SMILES string of the molecule is Cc1c(C)c2c(c(C)c1OCCCC(=O)C(C)C)CC[C@@](C)(CCC[C@H](C)CCC[C@H](C)CCCC(C)C)O2. The molecule has 39 heavy (non-hydrogen) atoms. The number of hydrogen-bond acceptors (Lipinski definition) is 3. The molecular formula is C36H62O3. The summed E-state index contributed by atoms with van der Waals surface area (Å²) in [6.07, 6.45) is 15.4. The van der Waals surface area contributed by atoms with E-state index >= 15 is 0 Å². The molecule has 1 aromatic carbocycles. The van der Waals surface area contributed by atoms with Gasteiger partial charge in [0.05, 0.1) is 6.61 Å². The molecule has 0 aliphatic carbocycles. The summed E-state index contributed by atoms with van der Waals surface area (Å²) in [4.78, 5) is 12.0. The average molecular weight is 543 g/mol. The van der Waals surface area contributed by atoms with E-state index in [1.165, 1.54) is 73.6 Å². The number of fused-ring (bicyclic) bond motifs is 1. The summed E-state index contributed by atoms with van der Waals surface area (Å²) >= 11 is 0. The first-order valence-electron chi connectivity index (χ1n) is 16.3. The smallest absolute Gasteiger partial charge is 0.135 e. The van der Waals surface area contributed by atoms with Crippen LogP contribution in [0, 0.1) is 44.4 Å². The van der Waals surface area contributed by atoms with Gasteiger partial charge in [0.2, 0.25) is 0 Å². The van der Waals surface area contributed by atoms with E-state index in [0.29, 0.717) is 18.8 Å². The Hall–Kier alpha value is -1.51. The lowest BCUT2D eigenvalue weighted by molar-refractivity contribution is -0.122. The Morgan fingerprint density at radius 1 is 0.821 bits per heavy atom. The van der Waals surface area contributed by atoms with Gasteiger partial charge in [-0.25, -0.2) is 0 Å².